The Bertz CT molecular complexity index is 253. The zero-order valence-corrected chi connectivity index (χ0v) is 8.39. The summed E-state index contributed by atoms with van der Waals surface area (Å²) in [4.78, 5) is 0. The quantitative estimate of drug-likeness (QED) is 0.733. The van der Waals surface area contributed by atoms with Crippen LogP contribution in [-0.2, 0) is 6.54 Å². The fourth-order valence-electron chi connectivity index (χ4n) is 0.979. The molecule has 1 aromatic rings. The van der Waals surface area contributed by atoms with E-state index in [1.165, 1.54) is 0 Å². The molecule has 0 aliphatic rings. The van der Waals surface area contributed by atoms with Crippen LogP contribution in [-0.4, -0.2) is 9.78 Å². The molecule has 1 aromatic heterocycles. The van der Waals surface area contributed by atoms with Crippen molar-refractivity contribution in [2.24, 2.45) is 5.41 Å². The summed E-state index contributed by atoms with van der Waals surface area (Å²) in [5.41, 5.74) is 5.69. The van der Waals surface area contributed by atoms with Crippen LogP contribution in [0.25, 0.3) is 0 Å². The second-order valence-corrected chi connectivity index (χ2v) is 4.53. The number of nitrogens with two attached hydrogens (primary N) is 1. The third kappa shape index (κ3) is 2.41. The van der Waals surface area contributed by atoms with Crippen LogP contribution in [0.3, 0.4) is 0 Å². The SMILES string of the molecule is CC(C)(C)Cn1cc(Cl)c(N)n1. The second-order valence-electron chi connectivity index (χ2n) is 4.12. The first kappa shape index (κ1) is 9.39. The molecule has 2 N–H and O–H groups in total. The van der Waals surface area contributed by atoms with Crippen LogP contribution in [0.5, 0.6) is 0 Å². The van der Waals surface area contributed by atoms with Crippen LogP contribution < -0.4 is 5.73 Å². The fraction of sp³-hybridized carbons (Fsp3) is 0.625. The maximum Gasteiger partial charge on any atom is 0.164 e. The zero-order chi connectivity index (χ0) is 9.35. The molecule has 0 aromatic carbocycles. The summed E-state index contributed by atoms with van der Waals surface area (Å²) >= 11 is 5.75. The predicted molar refractivity (Wildman–Crippen MR) is 51.1 cm³/mol. The number of nitrogens with zero attached hydrogens (tertiary/aromatic N) is 2. The van der Waals surface area contributed by atoms with Gasteiger partial charge in [0, 0.05) is 12.7 Å². The van der Waals surface area contributed by atoms with Crippen molar-refractivity contribution >= 4 is 17.4 Å². The molecule has 0 spiro atoms. The number of nitrogen functional groups attached to an aromatic ring is 1. The molecule has 0 fully saturated rings. The van der Waals surface area contributed by atoms with Crippen LogP contribution in [0, 0.1) is 5.41 Å². The van der Waals surface area contributed by atoms with E-state index in [9.17, 15) is 0 Å². The van der Waals surface area contributed by atoms with Crippen LogP contribution in [0.4, 0.5) is 5.82 Å². The molecule has 0 aliphatic heterocycles. The predicted octanol–water partition coefficient (Wildman–Crippen LogP) is 2.16. The van der Waals surface area contributed by atoms with Crippen molar-refractivity contribution in [2.45, 2.75) is 27.3 Å². The van der Waals surface area contributed by atoms with Gasteiger partial charge in [0.2, 0.25) is 0 Å². The number of aromatic nitrogens is 2. The Balaban J connectivity index is 2.77. The van der Waals surface area contributed by atoms with Crippen molar-refractivity contribution in [3.63, 3.8) is 0 Å². The highest BCUT2D eigenvalue weighted by molar-refractivity contribution is 6.32. The van der Waals surface area contributed by atoms with Crippen LogP contribution in [0.15, 0.2) is 6.20 Å². The number of halogens is 1. The van der Waals surface area contributed by atoms with Crippen LogP contribution in [0.1, 0.15) is 20.8 Å². The third-order valence-corrected chi connectivity index (χ3v) is 1.67. The van der Waals surface area contributed by atoms with Gasteiger partial charge in [0.15, 0.2) is 5.82 Å². The molecule has 0 amide bonds. The molecule has 0 atom stereocenters. The van der Waals surface area contributed by atoms with E-state index >= 15 is 0 Å². The van der Waals surface area contributed by atoms with Gasteiger partial charge in [-0.3, -0.25) is 4.68 Å². The molecular formula is C8H14ClN3. The molecule has 0 bridgehead atoms. The van der Waals surface area contributed by atoms with Gasteiger partial charge < -0.3 is 5.73 Å². The van der Waals surface area contributed by atoms with Gasteiger partial charge in [-0.1, -0.05) is 32.4 Å². The lowest BCUT2D eigenvalue weighted by Gasteiger charge is -2.17. The van der Waals surface area contributed by atoms with E-state index in [1.807, 2.05) is 0 Å². The summed E-state index contributed by atoms with van der Waals surface area (Å²) in [6.45, 7) is 7.24. The van der Waals surface area contributed by atoms with Crippen molar-refractivity contribution in [1.29, 1.82) is 0 Å². The molecular weight excluding hydrogens is 174 g/mol. The molecule has 4 heteroatoms. The first-order chi connectivity index (χ1) is 5.38. The monoisotopic (exact) mass is 187 g/mol. The lowest BCUT2D eigenvalue weighted by Crippen LogP contribution is -2.15. The molecule has 1 rings (SSSR count). The van der Waals surface area contributed by atoms with Crippen molar-refractivity contribution in [3.8, 4) is 0 Å². The summed E-state index contributed by atoms with van der Waals surface area (Å²) in [7, 11) is 0. The summed E-state index contributed by atoms with van der Waals surface area (Å²) in [5.74, 6) is 0.404. The summed E-state index contributed by atoms with van der Waals surface area (Å²) in [6, 6.07) is 0. The summed E-state index contributed by atoms with van der Waals surface area (Å²) < 4.78 is 1.78. The molecule has 1 heterocycles. The van der Waals surface area contributed by atoms with Crippen molar-refractivity contribution in [2.75, 3.05) is 5.73 Å². The normalized spacial score (nSPS) is 12.0. The minimum absolute atomic E-state index is 0.196. The summed E-state index contributed by atoms with van der Waals surface area (Å²) in [5, 5.41) is 4.59. The zero-order valence-electron chi connectivity index (χ0n) is 7.63. The van der Waals surface area contributed by atoms with Crippen LogP contribution >= 0.6 is 11.6 Å². The lowest BCUT2D eigenvalue weighted by molar-refractivity contribution is 0.326. The van der Waals surface area contributed by atoms with Gasteiger partial charge in [0.25, 0.3) is 0 Å². The van der Waals surface area contributed by atoms with Gasteiger partial charge in [-0.05, 0) is 5.41 Å². The highest BCUT2D eigenvalue weighted by Crippen LogP contribution is 2.20. The minimum atomic E-state index is 0.196. The Kier molecular flexibility index (Phi) is 2.33. The highest BCUT2D eigenvalue weighted by Gasteiger charge is 2.12. The maximum atomic E-state index is 5.75. The number of anilines is 1. The van der Waals surface area contributed by atoms with E-state index in [4.69, 9.17) is 17.3 Å². The Hall–Kier alpha value is -0.700. The highest BCUT2D eigenvalue weighted by atomic mass is 35.5. The topological polar surface area (TPSA) is 43.8 Å². The van der Waals surface area contributed by atoms with Gasteiger partial charge in [-0.15, -0.1) is 0 Å². The summed E-state index contributed by atoms with van der Waals surface area (Å²) in [6.07, 6.45) is 1.75. The molecule has 0 saturated carbocycles. The molecule has 3 nitrogen and oxygen atoms in total. The largest absolute Gasteiger partial charge is 0.381 e. The fourth-order valence-corrected chi connectivity index (χ4v) is 1.13. The average molecular weight is 188 g/mol. The Morgan fingerprint density at radius 2 is 2.17 bits per heavy atom. The van der Waals surface area contributed by atoms with Crippen LogP contribution in [0.2, 0.25) is 5.02 Å². The van der Waals surface area contributed by atoms with Gasteiger partial charge in [0.05, 0.1) is 0 Å². The van der Waals surface area contributed by atoms with Gasteiger partial charge in [-0.2, -0.15) is 5.10 Å². The van der Waals surface area contributed by atoms with E-state index in [0.717, 1.165) is 6.54 Å². The molecule has 12 heavy (non-hydrogen) atoms. The Morgan fingerprint density at radius 1 is 1.58 bits per heavy atom. The van der Waals surface area contributed by atoms with Crippen molar-refractivity contribution in [3.05, 3.63) is 11.2 Å². The smallest absolute Gasteiger partial charge is 0.164 e. The third-order valence-electron chi connectivity index (χ3n) is 1.38. The molecule has 0 saturated heterocycles. The van der Waals surface area contributed by atoms with Crippen molar-refractivity contribution < 1.29 is 0 Å². The van der Waals surface area contributed by atoms with E-state index < -0.39 is 0 Å². The minimum Gasteiger partial charge on any atom is -0.381 e. The number of hydrogen-bond acceptors (Lipinski definition) is 2. The molecule has 0 radical (unpaired) electrons. The van der Waals surface area contributed by atoms with E-state index in [1.54, 1.807) is 10.9 Å². The standard InChI is InChI=1S/C8H14ClN3/c1-8(2,3)5-12-4-6(9)7(10)11-12/h4H,5H2,1-3H3,(H2,10,11). The molecule has 0 aliphatic carbocycles. The lowest BCUT2D eigenvalue weighted by atomic mass is 9.97. The second kappa shape index (κ2) is 2.98. The maximum absolute atomic E-state index is 5.75. The first-order valence-electron chi connectivity index (χ1n) is 3.87. The Morgan fingerprint density at radius 3 is 2.50 bits per heavy atom. The first-order valence-corrected chi connectivity index (χ1v) is 4.25. The van der Waals surface area contributed by atoms with Crippen molar-refractivity contribution in [1.82, 2.24) is 9.78 Å². The molecule has 0 unspecified atom stereocenters. The Labute approximate surface area is 77.5 Å². The molecule has 68 valence electrons. The average Bonchev–Trinajstić information content (AvgIpc) is 2.07. The van der Waals surface area contributed by atoms with Gasteiger partial charge in [-0.25, -0.2) is 0 Å². The number of rotatable bonds is 1. The van der Waals surface area contributed by atoms with E-state index in [-0.39, 0.29) is 5.41 Å². The van der Waals surface area contributed by atoms with E-state index in [2.05, 4.69) is 25.9 Å². The van der Waals surface area contributed by atoms with Gasteiger partial charge in [0.1, 0.15) is 5.02 Å². The van der Waals surface area contributed by atoms with E-state index in [0.29, 0.717) is 10.8 Å². The number of hydrogen-bond donors (Lipinski definition) is 1. The van der Waals surface area contributed by atoms with Gasteiger partial charge >= 0.3 is 0 Å².